The van der Waals surface area contributed by atoms with Crippen LogP contribution in [0.2, 0.25) is 0 Å². The van der Waals surface area contributed by atoms with E-state index in [4.69, 9.17) is 15.2 Å². The van der Waals surface area contributed by atoms with Gasteiger partial charge in [-0.1, -0.05) is 92.7 Å². The molecule has 288 valence electrons. The van der Waals surface area contributed by atoms with Crippen LogP contribution in [-0.2, 0) is 48.1 Å². The van der Waals surface area contributed by atoms with E-state index in [0.717, 1.165) is 27.6 Å². The number of aromatic amines is 1. The molecule has 0 aliphatic carbocycles. The molecule has 7 N–H and O–H groups in total. The fourth-order valence-electron chi connectivity index (χ4n) is 6.10. The standard InChI is InChI=1S/C41H52N6O7/c1-27(2)22-36(40(51)53-3)46-39(50)35(24-30-25-43-32-19-11-10-18-31(30)32)45-37(48)33(20-12-13-21-42)44-38(49)34(23-28-14-6-4-7-15-28)47-41(52)54-26-29-16-8-5-9-17-29/h4-11,14-19,25,27,33-36,43H,12-13,20-24,26,42H2,1-3H3,(H,44,49)(H,45,48)(H,46,50)(H,47,52)/t33-,34-,35-,36-/m0/s1. The van der Waals surface area contributed by atoms with E-state index in [0.29, 0.717) is 25.8 Å². The van der Waals surface area contributed by atoms with E-state index in [1.807, 2.05) is 98.8 Å². The zero-order valence-corrected chi connectivity index (χ0v) is 31.1. The van der Waals surface area contributed by atoms with Crippen LogP contribution in [0.1, 0.15) is 56.2 Å². The third-order valence-corrected chi connectivity index (χ3v) is 8.93. The number of carbonyl (C=O) groups excluding carboxylic acids is 5. The molecule has 1 aromatic heterocycles. The van der Waals surface area contributed by atoms with Crippen LogP contribution in [0.25, 0.3) is 10.9 Å². The van der Waals surface area contributed by atoms with E-state index in [1.165, 1.54) is 7.11 Å². The van der Waals surface area contributed by atoms with Crippen molar-refractivity contribution in [2.75, 3.05) is 13.7 Å². The fourth-order valence-corrected chi connectivity index (χ4v) is 6.10. The third kappa shape index (κ3) is 12.8. The van der Waals surface area contributed by atoms with Gasteiger partial charge in [0.15, 0.2) is 0 Å². The van der Waals surface area contributed by atoms with Gasteiger partial charge in [-0.3, -0.25) is 14.4 Å². The van der Waals surface area contributed by atoms with E-state index >= 15 is 0 Å². The van der Waals surface area contributed by atoms with E-state index in [2.05, 4.69) is 26.3 Å². The number of hydrogen-bond donors (Lipinski definition) is 6. The maximum Gasteiger partial charge on any atom is 0.408 e. The van der Waals surface area contributed by atoms with Crippen molar-refractivity contribution in [2.24, 2.45) is 11.7 Å². The number of esters is 1. The molecule has 4 aromatic rings. The first-order valence-corrected chi connectivity index (χ1v) is 18.3. The summed E-state index contributed by atoms with van der Waals surface area (Å²) in [5, 5.41) is 12.0. The monoisotopic (exact) mass is 740 g/mol. The largest absolute Gasteiger partial charge is 0.467 e. The van der Waals surface area contributed by atoms with Crippen molar-refractivity contribution in [3.05, 3.63) is 108 Å². The number of para-hydroxylation sites is 1. The highest BCUT2D eigenvalue weighted by molar-refractivity contribution is 5.95. The van der Waals surface area contributed by atoms with Crippen LogP contribution in [0.4, 0.5) is 4.79 Å². The summed E-state index contributed by atoms with van der Waals surface area (Å²) in [6.45, 7) is 4.23. The summed E-state index contributed by atoms with van der Waals surface area (Å²) in [6.07, 6.45) is 2.83. The predicted molar refractivity (Wildman–Crippen MR) is 206 cm³/mol. The Labute approximate surface area is 316 Å². The van der Waals surface area contributed by atoms with Gasteiger partial charge in [-0.15, -0.1) is 0 Å². The van der Waals surface area contributed by atoms with Crippen LogP contribution in [0.5, 0.6) is 0 Å². The normalized spacial score (nSPS) is 13.3. The summed E-state index contributed by atoms with van der Waals surface area (Å²) in [5.74, 6) is -2.33. The first-order valence-electron chi connectivity index (χ1n) is 18.3. The van der Waals surface area contributed by atoms with Gasteiger partial charge >= 0.3 is 12.1 Å². The Morgan fingerprint density at radius 3 is 1.91 bits per heavy atom. The van der Waals surface area contributed by atoms with Crippen molar-refractivity contribution in [3.8, 4) is 0 Å². The van der Waals surface area contributed by atoms with Gasteiger partial charge in [-0.05, 0) is 60.9 Å². The first kappa shape index (κ1) is 41.1. The Hall–Kier alpha value is -5.69. The number of nitrogens with two attached hydrogens (primary N) is 1. The van der Waals surface area contributed by atoms with Crippen LogP contribution < -0.4 is 27.0 Å². The lowest BCUT2D eigenvalue weighted by molar-refractivity contribution is -0.146. The molecule has 0 aliphatic heterocycles. The highest BCUT2D eigenvalue weighted by Crippen LogP contribution is 2.20. The molecule has 13 heteroatoms. The van der Waals surface area contributed by atoms with Gasteiger partial charge in [0.25, 0.3) is 0 Å². The molecule has 4 amide bonds. The summed E-state index contributed by atoms with van der Waals surface area (Å²) < 4.78 is 10.4. The maximum absolute atomic E-state index is 14.1. The van der Waals surface area contributed by atoms with Gasteiger partial charge in [0, 0.05) is 29.9 Å². The number of alkyl carbamates (subject to hydrolysis) is 1. The van der Waals surface area contributed by atoms with E-state index in [1.54, 1.807) is 6.20 Å². The summed E-state index contributed by atoms with van der Waals surface area (Å²) in [4.78, 5) is 70.9. The van der Waals surface area contributed by atoms with Crippen LogP contribution in [-0.4, -0.2) is 72.6 Å². The number of amides is 4. The molecule has 13 nitrogen and oxygen atoms in total. The number of fused-ring (bicyclic) bond motifs is 1. The topological polar surface area (TPSA) is 194 Å². The molecule has 0 bridgehead atoms. The molecule has 3 aromatic carbocycles. The van der Waals surface area contributed by atoms with Crippen molar-refractivity contribution >= 4 is 40.7 Å². The molecule has 0 spiro atoms. The molecule has 0 radical (unpaired) electrons. The van der Waals surface area contributed by atoms with Gasteiger partial charge in [-0.2, -0.15) is 0 Å². The highest BCUT2D eigenvalue weighted by atomic mass is 16.5. The van der Waals surface area contributed by atoms with E-state index < -0.39 is 54.0 Å². The van der Waals surface area contributed by atoms with Crippen molar-refractivity contribution in [1.29, 1.82) is 0 Å². The van der Waals surface area contributed by atoms with Gasteiger partial charge in [0.2, 0.25) is 17.7 Å². The molecule has 4 rings (SSSR count). The van der Waals surface area contributed by atoms with Gasteiger partial charge < -0.3 is 41.5 Å². The molecule has 1 heterocycles. The minimum absolute atomic E-state index is 0.00432. The second kappa shape index (κ2) is 21.1. The zero-order chi connectivity index (χ0) is 38.9. The fraction of sp³-hybridized carbons (Fsp3) is 0.390. The molecule has 0 fully saturated rings. The smallest absolute Gasteiger partial charge is 0.408 e. The van der Waals surface area contributed by atoms with E-state index in [9.17, 15) is 24.0 Å². The summed E-state index contributed by atoms with van der Waals surface area (Å²) >= 11 is 0. The first-order chi connectivity index (χ1) is 26.1. The minimum Gasteiger partial charge on any atom is -0.467 e. The number of rotatable bonds is 20. The Kier molecular flexibility index (Phi) is 16.1. The average molecular weight is 741 g/mol. The van der Waals surface area contributed by atoms with Crippen molar-refractivity contribution < 1.29 is 33.4 Å². The average Bonchev–Trinajstić information content (AvgIpc) is 3.58. The summed E-state index contributed by atoms with van der Waals surface area (Å²) in [5.41, 5.74) is 8.96. The van der Waals surface area contributed by atoms with Crippen molar-refractivity contribution in [1.82, 2.24) is 26.3 Å². The molecule has 54 heavy (non-hydrogen) atoms. The second-order valence-corrected chi connectivity index (χ2v) is 13.6. The zero-order valence-electron chi connectivity index (χ0n) is 31.1. The van der Waals surface area contributed by atoms with Crippen LogP contribution in [0, 0.1) is 5.92 Å². The minimum atomic E-state index is -1.13. The quantitative estimate of drug-likeness (QED) is 0.0577. The van der Waals surface area contributed by atoms with Gasteiger partial charge in [0.05, 0.1) is 7.11 Å². The number of unbranched alkanes of at least 4 members (excludes halogenated alkanes) is 1. The molecule has 4 atom stereocenters. The summed E-state index contributed by atoms with van der Waals surface area (Å²) in [6, 6.07) is 21.6. The molecular formula is C41H52N6O7. The lowest BCUT2D eigenvalue weighted by Gasteiger charge is -2.26. The van der Waals surface area contributed by atoms with Crippen LogP contribution in [0.3, 0.4) is 0 Å². The number of benzene rings is 3. The maximum atomic E-state index is 14.1. The highest BCUT2D eigenvalue weighted by Gasteiger charge is 2.32. The predicted octanol–water partition coefficient (Wildman–Crippen LogP) is 4.05. The number of hydrogen-bond acceptors (Lipinski definition) is 8. The Bertz CT molecular complexity index is 1810. The van der Waals surface area contributed by atoms with Crippen molar-refractivity contribution in [3.63, 3.8) is 0 Å². The number of ether oxygens (including phenoxy) is 2. The lowest BCUT2D eigenvalue weighted by Crippen LogP contribution is -2.58. The van der Waals surface area contributed by atoms with Crippen LogP contribution in [0.15, 0.2) is 91.1 Å². The Morgan fingerprint density at radius 2 is 1.26 bits per heavy atom. The summed E-state index contributed by atoms with van der Waals surface area (Å²) in [7, 11) is 1.25. The van der Waals surface area contributed by atoms with Gasteiger partial charge in [0.1, 0.15) is 30.8 Å². The van der Waals surface area contributed by atoms with Crippen molar-refractivity contribution in [2.45, 2.75) is 83.1 Å². The molecule has 0 saturated carbocycles. The molecule has 0 saturated heterocycles. The second-order valence-electron chi connectivity index (χ2n) is 13.6. The number of nitrogens with one attached hydrogen (secondary N) is 5. The van der Waals surface area contributed by atoms with Gasteiger partial charge in [-0.25, -0.2) is 9.59 Å². The molecule has 0 unspecified atom stereocenters. The third-order valence-electron chi connectivity index (χ3n) is 8.93. The molecule has 0 aliphatic rings. The number of aromatic nitrogens is 1. The number of methoxy groups -OCH3 is 1. The SMILES string of the molecule is COC(=O)[C@H](CC(C)C)NC(=O)[C@H](Cc1c[nH]c2ccccc12)NC(=O)[C@H](CCCCN)NC(=O)[C@H](Cc1ccccc1)NC(=O)OCc1ccccc1. The van der Waals surface area contributed by atoms with Crippen LogP contribution >= 0.6 is 0 Å². The molecular weight excluding hydrogens is 688 g/mol. The van der Waals surface area contributed by atoms with E-state index in [-0.39, 0.29) is 31.8 Å². The Morgan fingerprint density at radius 1 is 0.685 bits per heavy atom. The number of carbonyl (C=O) groups is 5. The Balaban J connectivity index is 1.57. The number of H-pyrrole nitrogens is 1. The lowest BCUT2D eigenvalue weighted by atomic mass is 10.0.